The van der Waals surface area contributed by atoms with Crippen molar-refractivity contribution in [1.82, 2.24) is 16.0 Å². The molecule has 3 amide bonds. The van der Waals surface area contributed by atoms with Crippen LogP contribution in [-0.2, 0) is 14.3 Å². The van der Waals surface area contributed by atoms with Crippen LogP contribution in [0, 0.1) is 23.2 Å². The molecule has 0 radical (unpaired) electrons. The highest BCUT2D eigenvalue weighted by atomic mass is 32.2. The first-order chi connectivity index (χ1) is 14.3. The van der Waals surface area contributed by atoms with Gasteiger partial charge in [-0.2, -0.15) is 17.0 Å². The highest BCUT2D eigenvalue weighted by Gasteiger charge is 2.30. The molecule has 0 saturated heterocycles. The van der Waals surface area contributed by atoms with Gasteiger partial charge < -0.3 is 20.7 Å². The maximum absolute atomic E-state index is 13.0. The summed E-state index contributed by atoms with van der Waals surface area (Å²) in [5, 5.41) is 17.4. The van der Waals surface area contributed by atoms with Crippen LogP contribution in [0.4, 0.5) is 4.79 Å². The van der Waals surface area contributed by atoms with E-state index in [4.69, 9.17) is 4.74 Å². The van der Waals surface area contributed by atoms with Gasteiger partial charge in [-0.3, -0.25) is 9.59 Å². The van der Waals surface area contributed by atoms with Gasteiger partial charge in [0.1, 0.15) is 23.7 Å². The summed E-state index contributed by atoms with van der Waals surface area (Å²) in [4.78, 5) is 38.0. The SMILES string of the molecule is CSCCC(C#N)NC(=O)C(CC(C)C)NC(=O)C(CC(C)C)NC(=O)OC(C)(C)C. The minimum Gasteiger partial charge on any atom is -0.444 e. The Morgan fingerprint density at radius 2 is 1.42 bits per heavy atom. The Morgan fingerprint density at radius 3 is 1.84 bits per heavy atom. The molecule has 0 heterocycles. The molecule has 0 saturated carbocycles. The maximum Gasteiger partial charge on any atom is 0.408 e. The predicted molar refractivity (Wildman–Crippen MR) is 125 cm³/mol. The number of rotatable bonds is 12. The lowest BCUT2D eigenvalue weighted by molar-refractivity contribution is -0.130. The minimum atomic E-state index is -0.833. The Morgan fingerprint density at radius 1 is 0.935 bits per heavy atom. The van der Waals surface area contributed by atoms with Crippen molar-refractivity contribution >= 4 is 29.7 Å². The van der Waals surface area contributed by atoms with Crippen molar-refractivity contribution in [3.05, 3.63) is 0 Å². The fraction of sp³-hybridized carbons (Fsp3) is 0.818. The molecule has 0 aliphatic heterocycles. The van der Waals surface area contributed by atoms with Gasteiger partial charge in [-0.05, 0) is 63.9 Å². The van der Waals surface area contributed by atoms with Crippen LogP contribution in [0.2, 0.25) is 0 Å². The van der Waals surface area contributed by atoms with E-state index in [1.165, 1.54) is 0 Å². The van der Waals surface area contributed by atoms with Crippen molar-refractivity contribution in [2.24, 2.45) is 11.8 Å². The van der Waals surface area contributed by atoms with Crippen molar-refractivity contribution in [3.63, 3.8) is 0 Å². The number of nitriles is 1. The molecule has 0 spiro atoms. The Bertz CT molecular complexity index is 626. The van der Waals surface area contributed by atoms with E-state index in [0.717, 1.165) is 5.75 Å². The third-order valence-corrected chi connectivity index (χ3v) is 4.78. The summed E-state index contributed by atoms with van der Waals surface area (Å²) in [7, 11) is 0. The van der Waals surface area contributed by atoms with Crippen molar-refractivity contribution in [3.8, 4) is 6.07 Å². The van der Waals surface area contributed by atoms with E-state index in [1.807, 2.05) is 34.0 Å². The van der Waals surface area contributed by atoms with Crippen LogP contribution in [0.3, 0.4) is 0 Å². The highest BCUT2D eigenvalue weighted by Crippen LogP contribution is 2.12. The third-order valence-electron chi connectivity index (χ3n) is 4.14. The second-order valence-corrected chi connectivity index (χ2v) is 10.5. The van der Waals surface area contributed by atoms with Crippen molar-refractivity contribution < 1.29 is 19.1 Å². The van der Waals surface area contributed by atoms with Gasteiger partial charge >= 0.3 is 6.09 Å². The molecular weight excluding hydrogens is 416 g/mol. The third kappa shape index (κ3) is 13.9. The number of thioether (sulfide) groups is 1. The first-order valence-corrected chi connectivity index (χ1v) is 12.2. The monoisotopic (exact) mass is 456 g/mol. The van der Waals surface area contributed by atoms with E-state index in [-0.39, 0.29) is 11.8 Å². The van der Waals surface area contributed by atoms with E-state index in [2.05, 4.69) is 22.0 Å². The van der Waals surface area contributed by atoms with Gasteiger partial charge in [0.2, 0.25) is 11.8 Å². The number of hydrogen-bond donors (Lipinski definition) is 3. The molecular formula is C22H40N4O4S. The standard InChI is InChI=1S/C22H40N4O4S/c1-14(2)11-17(19(27)24-16(13-23)9-10-31-8)25-20(28)18(12-15(3)4)26-21(29)30-22(5,6)7/h14-18H,9-12H2,1-8H3,(H,24,27)(H,25,28)(H,26,29). The summed E-state index contributed by atoms with van der Waals surface area (Å²) in [6.45, 7) is 13.0. The van der Waals surface area contributed by atoms with Crippen LogP contribution in [0.25, 0.3) is 0 Å². The van der Waals surface area contributed by atoms with Gasteiger partial charge in [0, 0.05) is 0 Å². The van der Waals surface area contributed by atoms with Crippen LogP contribution in [0.15, 0.2) is 0 Å². The van der Waals surface area contributed by atoms with Crippen LogP contribution in [-0.4, -0.2) is 53.6 Å². The van der Waals surface area contributed by atoms with Gasteiger partial charge in [0.25, 0.3) is 0 Å². The first kappa shape index (κ1) is 29.1. The number of hydrogen-bond acceptors (Lipinski definition) is 6. The number of carbonyl (C=O) groups excluding carboxylic acids is 3. The summed E-state index contributed by atoms with van der Waals surface area (Å²) in [5.41, 5.74) is -0.688. The normalized spacial score (nSPS) is 14.4. The zero-order valence-corrected chi connectivity index (χ0v) is 21.0. The Kier molecular flexibility index (Phi) is 13.3. The topological polar surface area (TPSA) is 120 Å². The molecule has 3 unspecified atom stereocenters. The number of ether oxygens (including phenoxy) is 1. The average Bonchev–Trinajstić information content (AvgIpc) is 2.61. The van der Waals surface area contributed by atoms with Gasteiger partial charge in [0.15, 0.2) is 0 Å². The Balaban J connectivity index is 5.33. The summed E-state index contributed by atoms with van der Waals surface area (Å²) in [6, 6.07) is -0.150. The Labute approximate surface area is 191 Å². The molecule has 0 aromatic heterocycles. The minimum absolute atomic E-state index is 0.137. The molecule has 0 fully saturated rings. The van der Waals surface area contributed by atoms with E-state index in [9.17, 15) is 19.6 Å². The molecule has 9 heteroatoms. The largest absolute Gasteiger partial charge is 0.444 e. The average molecular weight is 457 g/mol. The van der Waals surface area contributed by atoms with Crippen LogP contribution < -0.4 is 16.0 Å². The van der Waals surface area contributed by atoms with Crippen molar-refractivity contribution in [2.75, 3.05) is 12.0 Å². The zero-order chi connectivity index (χ0) is 24.2. The van der Waals surface area contributed by atoms with Gasteiger partial charge in [-0.1, -0.05) is 27.7 Å². The molecule has 0 aliphatic rings. The maximum atomic E-state index is 13.0. The lowest BCUT2D eigenvalue weighted by Gasteiger charge is -2.27. The van der Waals surface area contributed by atoms with Crippen LogP contribution >= 0.6 is 11.8 Å². The quantitative estimate of drug-likeness (QED) is 0.415. The first-order valence-electron chi connectivity index (χ1n) is 10.8. The number of amides is 3. The summed E-state index contributed by atoms with van der Waals surface area (Å²) in [6.07, 6.45) is 2.60. The molecule has 31 heavy (non-hydrogen) atoms. The molecule has 0 aromatic rings. The molecule has 8 nitrogen and oxygen atoms in total. The van der Waals surface area contributed by atoms with Gasteiger partial charge in [0.05, 0.1) is 6.07 Å². The lowest BCUT2D eigenvalue weighted by Crippen LogP contribution is -2.55. The molecule has 0 bridgehead atoms. The highest BCUT2D eigenvalue weighted by molar-refractivity contribution is 7.98. The smallest absolute Gasteiger partial charge is 0.408 e. The molecule has 178 valence electrons. The fourth-order valence-corrected chi connectivity index (χ4v) is 3.28. The van der Waals surface area contributed by atoms with Gasteiger partial charge in [-0.15, -0.1) is 0 Å². The van der Waals surface area contributed by atoms with E-state index >= 15 is 0 Å². The predicted octanol–water partition coefficient (Wildman–Crippen LogP) is 3.22. The van der Waals surface area contributed by atoms with E-state index in [1.54, 1.807) is 32.5 Å². The molecule has 0 aromatic carbocycles. The Hall–Kier alpha value is -1.95. The fourth-order valence-electron chi connectivity index (χ4n) is 2.80. The summed E-state index contributed by atoms with van der Waals surface area (Å²) >= 11 is 1.60. The number of nitrogens with one attached hydrogen (secondary N) is 3. The number of nitrogens with zero attached hydrogens (tertiary/aromatic N) is 1. The zero-order valence-electron chi connectivity index (χ0n) is 20.2. The molecule has 0 rings (SSSR count). The van der Waals surface area contributed by atoms with Crippen molar-refractivity contribution in [2.45, 2.75) is 91.5 Å². The number of alkyl carbamates (subject to hydrolysis) is 1. The second-order valence-electron chi connectivity index (χ2n) is 9.49. The van der Waals surface area contributed by atoms with E-state index < -0.39 is 41.6 Å². The molecule has 3 atom stereocenters. The second kappa shape index (κ2) is 14.2. The van der Waals surface area contributed by atoms with Crippen molar-refractivity contribution in [1.29, 1.82) is 5.26 Å². The van der Waals surface area contributed by atoms with E-state index in [0.29, 0.717) is 19.3 Å². The van der Waals surface area contributed by atoms with Crippen LogP contribution in [0.5, 0.6) is 0 Å². The van der Waals surface area contributed by atoms with Gasteiger partial charge in [-0.25, -0.2) is 4.79 Å². The molecule has 3 N–H and O–H groups in total. The number of carbonyl (C=O) groups is 3. The lowest BCUT2D eigenvalue weighted by atomic mass is 10.00. The summed E-state index contributed by atoms with van der Waals surface area (Å²) < 4.78 is 5.27. The summed E-state index contributed by atoms with van der Waals surface area (Å²) in [5.74, 6) is 0.187. The van der Waals surface area contributed by atoms with Crippen LogP contribution in [0.1, 0.15) is 67.7 Å². The molecule has 0 aliphatic carbocycles.